The van der Waals surface area contributed by atoms with Gasteiger partial charge >= 0.3 is 0 Å². The number of fused-ring (bicyclic) bond motifs is 2. The molecule has 1 aromatic carbocycles. The number of anilines is 1. The molecule has 1 aromatic heterocycles. The fraction of sp³-hybridized carbons (Fsp3) is 0.412. The maximum absolute atomic E-state index is 13.1. The molecule has 1 amide bonds. The van der Waals surface area contributed by atoms with Crippen molar-refractivity contribution < 1.29 is 22.5 Å². The first kappa shape index (κ1) is 17.0. The Kier molecular flexibility index (Phi) is 3.64. The Morgan fingerprint density at radius 1 is 1.35 bits per heavy atom. The molecule has 2 aliphatic rings. The number of hydrogen-bond donors (Lipinski definition) is 1. The van der Waals surface area contributed by atoms with Crippen molar-refractivity contribution in [1.29, 1.82) is 0 Å². The number of nitrogens with one attached hydrogen (secondary N) is 1. The topological polar surface area (TPSA) is 102 Å². The number of sulfonamides is 1. The highest BCUT2D eigenvalue weighted by Gasteiger charge is 2.54. The van der Waals surface area contributed by atoms with Gasteiger partial charge in [-0.3, -0.25) is 4.79 Å². The summed E-state index contributed by atoms with van der Waals surface area (Å²) in [4.78, 5) is 12.8. The summed E-state index contributed by atoms with van der Waals surface area (Å²) in [6.45, 7) is 3.49. The van der Waals surface area contributed by atoms with Gasteiger partial charge in [-0.1, -0.05) is 5.16 Å². The van der Waals surface area contributed by atoms with Gasteiger partial charge in [0.15, 0.2) is 5.76 Å². The minimum Gasteiger partial charge on any atom is -0.497 e. The highest BCUT2D eigenvalue weighted by atomic mass is 32.2. The fourth-order valence-electron chi connectivity index (χ4n) is 3.88. The molecule has 4 rings (SSSR count). The molecule has 2 aliphatic heterocycles. The van der Waals surface area contributed by atoms with Crippen molar-refractivity contribution in [3.8, 4) is 5.75 Å². The predicted molar refractivity (Wildman–Crippen MR) is 92.7 cm³/mol. The minimum absolute atomic E-state index is 0.0748. The van der Waals surface area contributed by atoms with E-state index in [2.05, 4.69) is 10.5 Å². The molecule has 1 saturated heterocycles. The van der Waals surface area contributed by atoms with E-state index in [4.69, 9.17) is 9.26 Å². The monoisotopic (exact) mass is 377 g/mol. The van der Waals surface area contributed by atoms with E-state index in [0.29, 0.717) is 23.6 Å². The molecule has 9 heteroatoms. The van der Waals surface area contributed by atoms with Crippen LogP contribution in [0.2, 0.25) is 0 Å². The van der Waals surface area contributed by atoms with Crippen LogP contribution in [-0.2, 0) is 20.2 Å². The number of aryl methyl sites for hydroxylation is 2. The summed E-state index contributed by atoms with van der Waals surface area (Å²) in [5.74, 6) is 0.699. The summed E-state index contributed by atoms with van der Waals surface area (Å²) in [6.07, 6.45) is 0.404. The summed E-state index contributed by atoms with van der Waals surface area (Å²) < 4.78 is 37.8. The third-order valence-electron chi connectivity index (χ3n) is 5.23. The molecule has 1 N–H and O–H groups in total. The molecule has 1 spiro atoms. The number of methoxy groups -OCH3 is 1. The summed E-state index contributed by atoms with van der Waals surface area (Å²) in [5, 5.41) is 6.60. The molecule has 0 radical (unpaired) electrons. The maximum Gasteiger partial charge on any atom is 0.248 e. The van der Waals surface area contributed by atoms with Crippen molar-refractivity contribution in [2.75, 3.05) is 25.5 Å². The summed E-state index contributed by atoms with van der Waals surface area (Å²) in [6, 6.07) is 5.36. The zero-order valence-corrected chi connectivity index (χ0v) is 15.5. The normalized spacial score (nSPS) is 22.7. The Balaban J connectivity index is 1.75. The number of aromatic nitrogens is 1. The highest BCUT2D eigenvalue weighted by molar-refractivity contribution is 7.89. The fourth-order valence-corrected chi connectivity index (χ4v) is 5.67. The largest absolute Gasteiger partial charge is 0.497 e. The van der Waals surface area contributed by atoms with E-state index in [-0.39, 0.29) is 29.7 Å². The Morgan fingerprint density at radius 3 is 2.77 bits per heavy atom. The summed E-state index contributed by atoms with van der Waals surface area (Å²) in [7, 11) is -2.24. The highest BCUT2D eigenvalue weighted by Crippen LogP contribution is 2.46. The van der Waals surface area contributed by atoms with Gasteiger partial charge in [-0.15, -0.1) is 0 Å². The number of ether oxygens (including phenoxy) is 1. The van der Waals surface area contributed by atoms with Crippen molar-refractivity contribution in [2.24, 2.45) is 0 Å². The SMILES string of the molecule is COc1ccc2c(c1)[C@]1(CCN(S(=O)(=O)c3c(C)noc3C)C1)C(=O)N2. The molecule has 0 unspecified atom stereocenters. The smallest absolute Gasteiger partial charge is 0.248 e. The van der Waals surface area contributed by atoms with Crippen LogP contribution in [0.15, 0.2) is 27.6 Å². The lowest BCUT2D eigenvalue weighted by atomic mass is 9.81. The minimum atomic E-state index is -3.80. The van der Waals surface area contributed by atoms with Gasteiger partial charge in [-0.05, 0) is 44.0 Å². The van der Waals surface area contributed by atoms with Crippen LogP contribution >= 0.6 is 0 Å². The molecule has 26 heavy (non-hydrogen) atoms. The lowest BCUT2D eigenvalue weighted by Crippen LogP contribution is -2.39. The van der Waals surface area contributed by atoms with Gasteiger partial charge in [0, 0.05) is 18.8 Å². The average Bonchev–Trinajstić information content (AvgIpc) is 3.27. The van der Waals surface area contributed by atoms with Gasteiger partial charge in [-0.2, -0.15) is 4.31 Å². The van der Waals surface area contributed by atoms with E-state index in [1.165, 1.54) is 4.31 Å². The first-order chi connectivity index (χ1) is 12.3. The van der Waals surface area contributed by atoms with Gasteiger partial charge in [0.2, 0.25) is 15.9 Å². The molecule has 1 fully saturated rings. The van der Waals surface area contributed by atoms with E-state index in [9.17, 15) is 13.2 Å². The maximum atomic E-state index is 13.1. The van der Waals surface area contributed by atoms with Gasteiger partial charge < -0.3 is 14.6 Å². The third-order valence-corrected chi connectivity index (χ3v) is 7.32. The number of hydrogen-bond acceptors (Lipinski definition) is 6. The molecule has 1 atom stereocenters. The number of carbonyl (C=O) groups excluding carboxylic acids is 1. The van der Waals surface area contributed by atoms with Crippen molar-refractivity contribution in [2.45, 2.75) is 30.6 Å². The Hall–Kier alpha value is -2.39. The zero-order chi connectivity index (χ0) is 18.7. The van der Waals surface area contributed by atoms with E-state index in [0.717, 1.165) is 5.56 Å². The van der Waals surface area contributed by atoms with Crippen LogP contribution in [0.25, 0.3) is 0 Å². The second kappa shape index (κ2) is 5.55. The summed E-state index contributed by atoms with van der Waals surface area (Å²) >= 11 is 0. The van der Waals surface area contributed by atoms with E-state index in [1.54, 1.807) is 39.2 Å². The van der Waals surface area contributed by atoms with Crippen LogP contribution in [0.5, 0.6) is 5.75 Å². The van der Waals surface area contributed by atoms with Crippen LogP contribution in [0.3, 0.4) is 0 Å². The first-order valence-electron chi connectivity index (χ1n) is 8.22. The third kappa shape index (κ3) is 2.20. The van der Waals surface area contributed by atoms with E-state index < -0.39 is 15.4 Å². The number of carbonyl (C=O) groups is 1. The van der Waals surface area contributed by atoms with Crippen molar-refractivity contribution >= 4 is 21.6 Å². The van der Waals surface area contributed by atoms with Crippen molar-refractivity contribution in [3.63, 3.8) is 0 Å². The Bertz CT molecular complexity index is 994. The molecular weight excluding hydrogens is 358 g/mol. The predicted octanol–water partition coefficient (Wildman–Crippen LogP) is 1.58. The van der Waals surface area contributed by atoms with Crippen LogP contribution < -0.4 is 10.1 Å². The van der Waals surface area contributed by atoms with Gasteiger partial charge in [-0.25, -0.2) is 8.42 Å². The second-order valence-corrected chi connectivity index (χ2v) is 8.56. The van der Waals surface area contributed by atoms with Gasteiger partial charge in [0.1, 0.15) is 16.3 Å². The van der Waals surface area contributed by atoms with E-state index >= 15 is 0 Å². The van der Waals surface area contributed by atoms with E-state index in [1.807, 2.05) is 0 Å². The molecule has 0 saturated carbocycles. The van der Waals surface area contributed by atoms with Crippen LogP contribution in [-0.4, -0.2) is 44.0 Å². The molecule has 8 nitrogen and oxygen atoms in total. The molecule has 2 aromatic rings. The second-order valence-electron chi connectivity index (χ2n) is 6.69. The quantitative estimate of drug-likeness (QED) is 0.871. The Morgan fingerprint density at radius 2 is 2.12 bits per heavy atom. The van der Waals surface area contributed by atoms with Crippen molar-refractivity contribution in [1.82, 2.24) is 9.46 Å². The van der Waals surface area contributed by atoms with Gasteiger partial charge in [0.05, 0.1) is 12.5 Å². The molecule has 0 aliphatic carbocycles. The standard InChI is InChI=1S/C17H19N3O5S/c1-10-15(11(2)25-19-10)26(22,23)20-7-6-17(9-20)13-8-12(24-3)4-5-14(13)18-16(17)21/h4-5,8H,6-7,9H2,1-3H3,(H,18,21)/t17-/m1/s1. The number of nitrogens with zero attached hydrogens (tertiary/aromatic N) is 2. The zero-order valence-electron chi connectivity index (χ0n) is 14.7. The molecule has 138 valence electrons. The van der Waals surface area contributed by atoms with Crippen LogP contribution in [0.1, 0.15) is 23.4 Å². The van der Waals surface area contributed by atoms with Crippen molar-refractivity contribution in [3.05, 3.63) is 35.2 Å². The number of amides is 1. The lowest BCUT2D eigenvalue weighted by molar-refractivity contribution is -0.120. The molecule has 3 heterocycles. The Labute approximate surface area is 151 Å². The number of rotatable bonds is 3. The molecule has 0 bridgehead atoms. The average molecular weight is 377 g/mol. The lowest BCUT2D eigenvalue weighted by Gasteiger charge is -2.22. The first-order valence-corrected chi connectivity index (χ1v) is 9.66. The van der Waals surface area contributed by atoms with Crippen LogP contribution in [0, 0.1) is 13.8 Å². The summed E-state index contributed by atoms with van der Waals surface area (Å²) in [5.41, 5.74) is 0.891. The van der Waals surface area contributed by atoms with Gasteiger partial charge in [0.25, 0.3) is 0 Å². The number of benzene rings is 1. The van der Waals surface area contributed by atoms with Crippen LogP contribution in [0.4, 0.5) is 5.69 Å². The molecular formula is C17H19N3O5S.